The van der Waals surface area contributed by atoms with E-state index in [1.165, 1.54) is 18.2 Å². The number of aromatic nitrogens is 2. The van der Waals surface area contributed by atoms with E-state index in [0.717, 1.165) is 8.45 Å². The third-order valence-electron chi connectivity index (χ3n) is 3.29. The molecule has 0 radical (unpaired) electrons. The van der Waals surface area contributed by atoms with Gasteiger partial charge in [0.05, 0.1) is 16.3 Å². The van der Waals surface area contributed by atoms with Crippen LogP contribution in [0.2, 0.25) is 0 Å². The van der Waals surface area contributed by atoms with Crippen LogP contribution >= 0.6 is 15.9 Å². The number of hydrogen-bond donors (Lipinski definition) is 0. The van der Waals surface area contributed by atoms with Crippen molar-refractivity contribution in [2.24, 2.45) is 0 Å². The number of rotatable bonds is 3. The second-order valence-corrected chi connectivity index (χ2v) is 7.38. The molecule has 5 nitrogen and oxygen atoms in total. The summed E-state index contributed by atoms with van der Waals surface area (Å²) >= 11 is 3.36. The second kappa shape index (κ2) is 5.33. The first-order chi connectivity index (χ1) is 10.4. The van der Waals surface area contributed by atoms with Gasteiger partial charge in [0.1, 0.15) is 0 Å². The minimum Gasteiger partial charge on any atom is -0.296 e. The standard InChI is InChI=1S/C15H11BrN2O3S/c1-10-14(16)8-11-7-12(9-19)18(15(11)17-10)22(20,21)13-5-3-2-4-6-13/h2-9H,1H3. The number of aryl methyl sites for hydroxylation is 1. The molecule has 0 unspecified atom stereocenters. The highest BCUT2D eigenvalue weighted by Gasteiger charge is 2.24. The Hall–Kier alpha value is -1.99. The number of carbonyl (C=O) groups excluding carboxylic acids is 1. The van der Waals surface area contributed by atoms with Crippen LogP contribution in [0.5, 0.6) is 0 Å². The number of pyridine rings is 1. The zero-order chi connectivity index (χ0) is 15.9. The lowest BCUT2D eigenvalue weighted by molar-refractivity contribution is 0.111. The van der Waals surface area contributed by atoms with Crippen LogP contribution in [0.15, 0.2) is 51.8 Å². The Bertz CT molecular complexity index is 979. The van der Waals surface area contributed by atoms with Crippen molar-refractivity contribution in [1.82, 2.24) is 8.96 Å². The van der Waals surface area contributed by atoms with E-state index in [9.17, 15) is 13.2 Å². The van der Waals surface area contributed by atoms with Crippen molar-refractivity contribution in [3.63, 3.8) is 0 Å². The van der Waals surface area contributed by atoms with Gasteiger partial charge in [-0.05, 0) is 47.1 Å². The topological polar surface area (TPSA) is 69.0 Å². The van der Waals surface area contributed by atoms with Gasteiger partial charge in [0.25, 0.3) is 10.0 Å². The Morgan fingerprint density at radius 3 is 2.50 bits per heavy atom. The Kier molecular flexibility index (Phi) is 3.62. The van der Waals surface area contributed by atoms with Crippen LogP contribution < -0.4 is 0 Å². The first-order valence-corrected chi connectivity index (χ1v) is 8.63. The van der Waals surface area contributed by atoms with Gasteiger partial charge in [-0.2, -0.15) is 0 Å². The number of benzene rings is 1. The van der Waals surface area contributed by atoms with Crippen molar-refractivity contribution in [3.05, 3.63) is 58.3 Å². The van der Waals surface area contributed by atoms with E-state index in [1.807, 2.05) is 0 Å². The summed E-state index contributed by atoms with van der Waals surface area (Å²) in [6.07, 6.45) is 0.519. The number of halogens is 1. The van der Waals surface area contributed by atoms with Gasteiger partial charge in [-0.15, -0.1) is 0 Å². The third kappa shape index (κ3) is 2.26. The van der Waals surface area contributed by atoms with Gasteiger partial charge in [-0.1, -0.05) is 18.2 Å². The molecule has 0 bridgehead atoms. The number of hydrogen-bond acceptors (Lipinski definition) is 4. The summed E-state index contributed by atoms with van der Waals surface area (Å²) in [4.78, 5) is 15.7. The molecular weight excluding hydrogens is 368 g/mol. The fourth-order valence-corrected chi connectivity index (χ4v) is 4.02. The molecule has 1 aromatic carbocycles. The number of fused-ring (bicyclic) bond motifs is 1. The molecule has 3 rings (SSSR count). The van der Waals surface area contributed by atoms with Crippen molar-refractivity contribution in [3.8, 4) is 0 Å². The van der Waals surface area contributed by atoms with Crippen LogP contribution in [0.1, 0.15) is 16.2 Å². The lowest BCUT2D eigenvalue weighted by Crippen LogP contribution is -2.16. The minimum absolute atomic E-state index is 0.0452. The molecule has 2 aromatic heterocycles. The van der Waals surface area contributed by atoms with Gasteiger partial charge in [0.2, 0.25) is 0 Å². The number of aldehydes is 1. The van der Waals surface area contributed by atoms with E-state index in [-0.39, 0.29) is 16.2 Å². The summed E-state index contributed by atoms with van der Waals surface area (Å²) in [5.41, 5.74) is 0.933. The first-order valence-electron chi connectivity index (χ1n) is 6.39. The average Bonchev–Trinajstić information content (AvgIpc) is 2.87. The van der Waals surface area contributed by atoms with Crippen molar-refractivity contribution in [2.75, 3.05) is 0 Å². The minimum atomic E-state index is -3.89. The maximum Gasteiger partial charge on any atom is 0.270 e. The molecule has 0 N–H and O–H groups in total. The van der Waals surface area contributed by atoms with Gasteiger partial charge in [0.15, 0.2) is 11.9 Å². The molecule has 7 heteroatoms. The van der Waals surface area contributed by atoms with E-state index in [2.05, 4.69) is 20.9 Å². The average molecular weight is 379 g/mol. The molecule has 0 spiro atoms. The molecule has 22 heavy (non-hydrogen) atoms. The summed E-state index contributed by atoms with van der Waals surface area (Å²) < 4.78 is 27.4. The van der Waals surface area contributed by atoms with E-state index >= 15 is 0 Å². The molecule has 0 aliphatic heterocycles. The number of nitrogens with zero attached hydrogens (tertiary/aromatic N) is 2. The van der Waals surface area contributed by atoms with Gasteiger partial charge >= 0.3 is 0 Å². The van der Waals surface area contributed by atoms with Crippen molar-refractivity contribution in [2.45, 2.75) is 11.8 Å². The quantitative estimate of drug-likeness (QED) is 0.656. The molecule has 0 saturated heterocycles. The summed E-state index contributed by atoms with van der Waals surface area (Å²) in [6, 6.07) is 11.2. The molecule has 2 heterocycles. The molecular formula is C15H11BrN2O3S. The van der Waals surface area contributed by atoms with E-state index in [4.69, 9.17) is 0 Å². The molecule has 0 aliphatic rings. The molecule has 0 amide bonds. The van der Waals surface area contributed by atoms with Crippen LogP contribution in [0.3, 0.4) is 0 Å². The van der Waals surface area contributed by atoms with E-state index < -0.39 is 10.0 Å². The van der Waals surface area contributed by atoms with Crippen LogP contribution in [0.25, 0.3) is 11.0 Å². The van der Waals surface area contributed by atoms with Crippen LogP contribution in [0, 0.1) is 6.92 Å². The molecule has 0 atom stereocenters. The monoisotopic (exact) mass is 378 g/mol. The Labute approximate surface area is 135 Å². The fourth-order valence-electron chi connectivity index (χ4n) is 2.22. The second-order valence-electron chi connectivity index (χ2n) is 4.74. The molecule has 112 valence electrons. The summed E-state index contributed by atoms with van der Waals surface area (Å²) in [5, 5.41) is 0.582. The predicted molar refractivity (Wildman–Crippen MR) is 86.6 cm³/mol. The van der Waals surface area contributed by atoms with Gasteiger partial charge in [-0.25, -0.2) is 17.4 Å². The summed E-state index contributed by atoms with van der Waals surface area (Å²) in [7, 11) is -3.89. The van der Waals surface area contributed by atoms with Crippen molar-refractivity contribution >= 4 is 43.3 Å². The SMILES string of the molecule is Cc1nc2c(cc1Br)cc(C=O)n2S(=O)(=O)c1ccccc1. The van der Waals surface area contributed by atoms with E-state index in [1.54, 1.807) is 31.2 Å². The smallest absolute Gasteiger partial charge is 0.270 e. The zero-order valence-corrected chi connectivity index (χ0v) is 13.9. The third-order valence-corrected chi connectivity index (χ3v) is 5.83. The van der Waals surface area contributed by atoms with Crippen LogP contribution in [-0.4, -0.2) is 23.7 Å². The maximum absolute atomic E-state index is 12.8. The molecule has 0 aliphatic carbocycles. The van der Waals surface area contributed by atoms with E-state index in [0.29, 0.717) is 17.4 Å². The Morgan fingerprint density at radius 2 is 1.86 bits per heavy atom. The first kappa shape index (κ1) is 14.9. The maximum atomic E-state index is 12.8. The van der Waals surface area contributed by atoms with Crippen molar-refractivity contribution < 1.29 is 13.2 Å². The largest absolute Gasteiger partial charge is 0.296 e. The Balaban J connectivity index is 2.39. The van der Waals surface area contributed by atoms with Crippen LogP contribution in [-0.2, 0) is 10.0 Å². The molecule has 0 fully saturated rings. The zero-order valence-electron chi connectivity index (χ0n) is 11.5. The fraction of sp³-hybridized carbons (Fsp3) is 0.0667. The highest BCUT2D eigenvalue weighted by molar-refractivity contribution is 9.10. The lowest BCUT2D eigenvalue weighted by Gasteiger charge is -2.09. The van der Waals surface area contributed by atoms with Gasteiger partial charge in [-0.3, -0.25) is 4.79 Å². The van der Waals surface area contributed by atoms with Gasteiger partial charge < -0.3 is 0 Å². The highest BCUT2D eigenvalue weighted by atomic mass is 79.9. The lowest BCUT2D eigenvalue weighted by atomic mass is 10.3. The summed E-state index contributed by atoms with van der Waals surface area (Å²) in [6.45, 7) is 1.76. The molecule has 0 saturated carbocycles. The normalized spacial score (nSPS) is 11.7. The highest BCUT2D eigenvalue weighted by Crippen LogP contribution is 2.27. The predicted octanol–water partition coefficient (Wildman–Crippen LogP) is 3.16. The number of carbonyl (C=O) groups is 1. The summed E-state index contributed by atoms with van der Waals surface area (Å²) in [5.74, 6) is 0. The van der Waals surface area contributed by atoms with Crippen LogP contribution in [0.4, 0.5) is 0 Å². The molecule has 3 aromatic rings. The Morgan fingerprint density at radius 1 is 1.18 bits per heavy atom. The van der Waals surface area contributed by atoms with Crippen molar-refractivity contribution in [1.29, 1.82) is 0 Å². The van der Waals surface area contributed by atoms with Gasteiger partial charge in [0, 0.05) is 9.86 Å².